The Labute approximate surface area is 142 Å². The Hall–Kier alpha value is -3.23. The van der Waals surface area contributed by atoms with Gasteiger partial charge in [-0.3, -0.25) is 23.5 Å². The predicted octanol–water partition coefficient (Wildman–Crippen LogP) is 0.155. The normalized spacial score (nSPS) is 12.2. The highest BCUT2D eigenvalue weighted by Gasteiger charge is 2.17. The molecule has 0 bridgehead atoms. The molecule has 25 heavy (non-hydrogen) atoms. The van der Waals surface area contributed by atoms with Gasteiger partial charge in [0.1, 0.15) is 6.54 Å². The Morgan fingerprint density at radius 2 is 2.16 bits per heavy atom. The number of nitrogens with zero attached hydrogens (tertiary/aromatic N) is 4. The summed E-state index contributed by atoms with van der Waals surface area (Å²) in [5.74, 6) is 0.211. The van der Waals surface area contributed by atoms with Gasteiger partial charge < -0.3 is 5.32 Å². The molecule has 0 radical (unpaired) electrons. The van der Waals surface area contributed by atoms with Crippen molar-refractivity contribution < 1.29 is 4.79 Å². The minimum atomic E-state index is -0.615. The second-order valence-electron chi connectivity index (χ2n) is 5.72. The lowest BCUT2D eigenvalue weighted by Gasteiger charge is -2.15. The fourth-order valence-electron chi connectivity index (χ4n) is 2.53. The maximum atomic E-state index is 12.3. The summed E-state index contributed by atoms with van der Waals surface area (Å²) in [6.45, 7) is 3.32. The van der Waals surface area contributed by atoms with Crippen molar-refractivity contribution in [1.82, 2.24) is 29.2 Å². The first-order valence-corrected chi connectivity index (χ1v) is 7.87. The number of carbonyl (C=O) groups is 1. The van der Waals surface area contributed by atoms with Crippen LogP contribution in [0.5, 0.6) is 0 Å². The molecule has 0 aliphatic carbocycles. The molecule has 2 N–H and O–H groups in total. The molecular formula is C16H18N6O3. The van der Waals surface area contributed by atoms with E-state index < -0.39 is 11.2 Å². The lowest BCUT2D eigenvalue weighted by atomic mass is 10.1. The summed E-state index contributed by atoms with van der Waals surface area (Å²) >= 11 is 0. The molecule has 0 fully saturated rings. The van der Waals surface area contributed by atoms with Gasteiger partial charge >= 0.3 is 5.69 Å². The third kappa shape index (κ3) is 3.49. The molecule has 3 rings (SSSR count). The molecule has 1 atom stereocenters. The SMILES string of the molecule is CCC(NC(=O)Cn1cc(C)c(=O)[nH]c1=O)c1cn2cccnc2n1. The smallest absolute Gasteiger partial charge is 0.328 e. The minimum absolute atomic E-state index is 0.182. The number of nitrogens with one attached hydrogen (secondary N) is 2. The molecule has 3 heterocycles. The number of aryl methyl sites for hydroxylation is 1. The Balaban J connectivity index is 1.77. The van der Waals surface area contributed by atoms with E-state index in [2.05, 4.69) is 20.3 Å². The lowest BCUT2D eigenvalue weighted by Crippen LogP contribution is -2.37. The lowest BCUT2D eigenvalue weighted by molar-refractivity contribution is -0.122. The topological polar surface area (TPSA) is 114 Å². The summed E-state index contributed by atoms with van der Waals surface area (Å²) in [6, 6.07) is 1.50. The van der Waals surface area contributed by atoms with Crippen LogP contribution >= 0.6 is 0 Å². The second kappa shape index (κ2) is 6.71. The van der Waals surface area contributed by atoms with Crippen LogP contribution in [0.4, 0.5) is 0 Å². The third-order valence-corrected chi connectivity index (χ3v) is 3.86. The second-order valence-corrected chi connectivity index (χ2v) is 5.72. The highest BCUT2D eigenvalue weighted by molar-refractivity contribution is 5.76. The zero-order valence-electron chi connectivity index (χ0n) is 13.9. The molecule has 9 heteroatoms. The number of carbonyl (C=O) groups excluding carboxylic acids is 1. The van der Waals surface area contributed by atoms with E-state index in [1.165, 1.54) is 10.8 Å². The van der Waals surface area contributed by atoms with Crippen LogP contribution in [-0.2, 0) is 11.3 Å². The van der Waals surface area contributed by atoms with Crippen LogP contribution in [0.15, 0.2) is 40.4 Å². The number of fused-ring (bicyclic) bond motifs is 1. The number of aromatic nitrogens is 5. The quantitative estimate of drug-likeness (QED) is 0.685. The Kier molecular flexibility index (Phi) is 4.46. The van der Waals surface area contributed by atoms with E-state index in [1.807, 2.05) is 19.3 Å². The summed E-state index contributed by atoms with van der Waals surface area (Å²) in [5, 5.41) is 2.86. The standard InChI is InChI=1S/C16H18N6O3/c1-3-11(12-8-21-6-4-5-17-15(21)19-12)18-13(23)9-22-7-10(2)14(24)20-16(22)25/h4-8,11H,3,9H2,1-2H3,(H,18,23)(H,20,24,25). The van der Waals surface area contributed by atoms with Gasteiger partial charge in [0, 0.05) is 30.4 Å². The molecular weight excluding hydrogens is 324 g/mol. The van der Waals surface area contributed by atoms with Crippen LogP contribution in [0.3, 0.4) is 0 Å². The molecule has 0 saturated carbocycles. The number of hydrogen-bond acceptors (Lipinski definition) is 5. The van der Waals surface area contributed by atoms with Crippen molar-refractivity contribution in [3.05, 3.63) is 62.9 Å². The average Bonchev–Trinajstić information content (AvgIpc) is 3.01. The van der Waals surface area contributed by atoms with Gasteiger partial charge in [-0.1, -0.05) is 6.92 Å². The molecule has 0 saturated heterocycles. The molecule has 1 unspecified atom stereocenters. The molecule has 3 aromatic heterocycles. The maximum absolute atomic E-state index is 12.3. The summed E-state index contributed by atoms with van der Waals surface area (Å²) < 4.78 is 2.95. The first kappa shape index (κ1) is 16.6. The number of H-pyrrole nitrogens is 1. The average molecular weight is 342 g/mol. The van der Waals surface area contributed by atoms with Gasteiger partial charge in [-0.25, -0.2) is 14.8 Å². The maximum Gasteiger partial charge on any atom is 0.328 e. The fraction of sp³-hybridized carbons (Fsp3) is 0.312. The van der Waals surface area contributed by atoms with E-state index in [4.69, 9.17) is 0 Å². The van der Waals surface area contributed by atoms with E-state index >= 15 is 0 Å². The molecule has 0 aliphatic heterocycles. The van der Waals surface area contributed by atoms with Crippen molar-refractivity contribution in [2.24, 2.45) is 0 Å². The molecule has 0 aliphatic rings. The monoisotopic (exact) mass is 342 g/mol. The van der Waals surface area contributed by atoms with Gasteiger partial charge in [-0.05, 0) is 19.4 Å². The first-order chi connectivity index (χ1) is 12.0. The van der Waals surface area contributed by atoms with E-state index in [0.29, 0.717) is 23.5 Å². The van der Waals surface area contributed by atoms with Crippen molar-refractivity contribution in [3.8, 4) is 0 Å². The predicted molar refractivity (Wildman–Crippen MR) is 90.2 cm³/mol. The van der Waals surface area contributed by atoms with Gasteiger partial charge in [0.25, 0.3) is 5.56 Å². The number of rotatable bonds is 5. The molecule has 130 valence electrons. The summed E-state index contributed by atoms with van der Waals surface area (Å²) in [4.78, 5) is 46.2. The van der Waals surface area contributed by atoms with E-state index in [1.54, 1.807) is 23.6 Å². The van der Waals surface area contributed by atoms with Crippen molar-refractivity contribution >= 4 is 11.7 Å². The van der Waals surface area contributed by atoms with E-state index in [0.717, 1.165) is 0 Å². The Morgan fingerprint density at radius 1 is 1.36 bits per heavy atom. The van der Waals surface area contributed by atoms with Crippen molar-refractivity contribution in [3.63, 3.8) is 0 Å². The number of imidazole rings is 1. The van der Waals surface area contributed by atoms with Crippen LogP contribution in [0.2, 0.25) is 0 Å². The Bertz CT molecular complexity index is 999. The van der Waals surface area contributed by atoms with Crippen LogP contribution < -0.4 is 16.6 Å². The number of amides is 1. The van der Waals surface area contributed by atoms with E-state index in [9.17, 15) is 14.4 Å². The van der Waals surface area contributed by atoms with Crippen molar-refractivity contribution in [2.45, 2.75) is 32.9 Å². The van der Waals surface area contributed by atoms with Gasteiger partial charge in [0.2, 0.25) is 11.7 Å². The van der Waals surface area contributed by atoms with Gasteiger partial charge in [0.15, 0.2) is 0 Å². The summed E-state index contributed by atoms with van der Waals surface area (Å²) in [6.07, 6.45) is 7.30. The fourth-order valence-corrected chi connectivity index (χ4v) is 2.53. The molecule has 0 spiro atoms. The van der Waals surface area contributed by atoms with Crippen molar-refractivity contribution in [2.75, 3.05) is 0 Å². The van der Waals surface area contributed by atoms with E-state index in [-0.39, 0.29) is 18.5 Å². The minimum Gasteiger partial charge on any atom is -0.346 e. The van der Waals surface area contributed by atoms with Crippen LogP contribution in [-0.4, -0.2) is 29.8 Å². The molecule has 3 aromatic rings. The van der Waals surface area contributed by atoms with Crippen molar-refractivity contribution in [1.29, 1.82) is 0 Å². The highest BCUT2D eigenvalue weighted by atomic mass is 16.2. The van der Waals surface area contributed by atoms with Gasteiger partial charge in [0.05, 0.1) is 11.7 Å². The number of aromatic amines is 1. The molecule has 0 aromatic carbocycles. The van der Waals surface area contributed by atoms with Crippen LogP contribution in [0.1, 0.15) is 30.6 Å². The van der Waals surface area contributed by atoms with Gasteiger partial charge in [-0.15, -0.1) is 0 Å². The summed E-state index contributed by atoms with van der Waals surface area (Å²) in [5.41, 5.74) is -0.00793. The van der Waals surface area contributed by atoms with Gasteiger partial charge in [-0.2, -0.15) is 0 Å². The Morgan fingerprint density at radius 3 is 2.88 bits per heavy atom. The first-order valence-electron chi connectivity index (χ1n) is 7.87. The highest BCUT2D eigenvalue weighted by Crippen LogP contribution is 2.15. The zero-order valence-corrected chi connectivity index (χ0v) is 13.9. The summed E-state index contributed by atoms with van der Waals surface area (Å²) in [7, 11) is 0. The van der Waals surface area contributed by atoms with Crippen LogP contribution in [0, 0.1) is 6.92 Å². The number of hydrogen-bond donors (Lipinski definition) is 2. The zero-order chi connectivity index (χ0) is 18.0. The largest absolute Gasteiger partial charge is 0.346 e. The molecule has 1 amide bonds. The van der Waals surface area contributed by atoms with Crippen LogP contribution in [0.25, 0.3) is 5.78 Å². The third-order valence-electron chi connectivity index (χ3n) is 3.86. The molecule has 9 nitrogen and oxygen atoms in total.